The second-order valence-electron chi connectivity index (χ2n) is 3.61. The van der Waals surface area contributed by atoms with Gasteiger partial charge in [-0.3, -0.25) is 0 Å². The summed E-state index contributed by atoms with van der Waals surface area (Å²) in [6.07, 6.45) is 2.30. The van der Waals surface area contributed by atoms with Crippen molar-refractivity contribution in [2.75, 3.05) is 0 Å². The Bertz CT molecular complexity index is 292. The van der Waals surface area contributed by atoms with Crippen LogP contribution in [-0.4, -0.2) is 6.18 Å². The summed E-state index contributed by atoms with van der Waals surface area (Å²) in [4.78, 5) is 0. The van der Waals surface area contributed by atoms with Gasteiger partial charge in [-0.15, -0.1) is 0 Å². The van der Waals surface area contributed by atoms with Crippen LogP contribution in [0.2, 0.25) is 0 Å². The molecule has 1 aliphatic rings. The van der Waals surface area contributed by atoms with Crippen LogP contribution in [0.1, 0.15) is 20.3 Å². The van der Waals surface area contributed by atoms with Crippen molar-refractivity contribution >= 4 is 0 Å². The molecule has 0 amide bonds. The van der Waals surface area contributed by atoms with Crippen molar-refractivity contribution in [3.8, 4) is 0 Å². The van der Waals surface area contributed by atoms with Crippen LogP contribution in [0, 0.1) is 5.92 Å². The highest BCUT2D eigenvalue weighted by Gasteiger charge is 2.32. The van der Waals surface area contributed by atoms with E-state index >= 15 is 0 Å². The van der Waals surface area contributed by atoms with Gasteiger partial charge in [-0.1, -0.05) is 36.8 Å². The Morgan fingerprint density at radius 2 is 1.93 bits per heavy atom. The topological polar surface area (TPSA) is 0 Å². The number of hydrogen-bond acceptors (Lipinski definition) is 0. The fourth-order valence-corrected chi connectivity index (χ4v) is 1.28. The summed E-state index contributed by atoms with van der Waals surface area (Å²) in [5, 5.41) is 0. The average Bonchev–Trinajstić information content (AvgIpc) is 2.03. The lowest BCUT2D eigenvalue weighted by Crippen LogP contribution is -2.12. The van der Waals surface area contributed by atoms with E-state index in [-0.39, 0.29) is 5.92 Å². The van der Waals surface area contributed by atoms with Gasteiger partial charge in [-0.25, -0.2) is 0 Å². The smallest absolute Gasteiger partial charge is 0.166 e. The summed E-state index contributed by atoms with van der Waals surface area (Å²) < 4.78 is 37.2. The summed E-state index contributed by atoms with van der Waals surface area (Å²) in [6.45, 7) is 3.59. The van der Waals surface area contributed by atoms with Gasteiger partial charge in [0.05, 0.1) is 5.57 Å². The normalized spacial score (nSPS) is 27.4. The minimum absolute atomic E-state index is 0.0634. The third-order valence-corrected chi connectivity index (χ3v) is 2.13. The first-order valence-corrected chi connectivity index (χ1v) is 4.53. The molecule has 1 rings (SSSR count). The molecule has 0 N–H and O–H groups in total. The fraction of sp³-hybridized carbons (Fsp3) is 0.455. The highest BCUT2D eigenvalue weighted by Crippen LogP contribution is 2.29. The quantitative estimate of drug-likeness (QED) is 0.556. The standard InChI is InChI=1S/C11H13F3/c1-8-3-4-9(2)7-10(6-5-8)11(12,13)14/h3,5-7,9H,4H2,1-2H3/b6-5?,8-3?,10-7-. The van der Waals surface area contributed by atoms with E-state index in [9.17, 15) is 13.2 Å². The molecule has 3 heteroatoms. The average molecular weight is 202 g/mol. The third kappa shape index (κ3) is 3.05. The van der Waals surface area contributed by atoms with Crippen LogP contribution in [0.25, 0.3) is 0 Å². The predicted molar refractivity (Wildman–Crippen MR) is 50.8 cm³/mol. The van der Waals surface area contributed by atoms with Crippen LogP contribution in [0.15, 0.2) is 35.5 Å². The summed E-state index contributed by atoms with van der Waals surface area (Å²) in [6, 6.07) is 0. The van der Waals surface area contributed by atoms with E-state index in [1.807, 2.05) is 13.0 Å². The molecule has 0 bridgehead atoms. The Labute approximate surface area is 81.8 Å². The molecule has 0 aromatic rings. The third-order valence-electron chi connectivity index (χ3n) is 2.13. The van der Waals surface area contributed by atoms with Gasteiger partial charge in [0.25, 0.3) is 0 Å². The molecule has 0 aliphatic heterocycles. The van der Waals surface area contributed by atoms with Gasteiger partial charge in [0.2, 0.25) is 0 Å². The summed E-state index contributed by atoms with van der Waals surface area (Å²) >= 11 is 0. The number of allylic oxidation sites excluding steroid dienone is 6. The molecule has 0 aromatic heterocycles. The van der Waals surface area contributed by atoms with Crippen LogP contribution in [0.5, 0.6) is 0 Å². The molecule has 0 nitrogen and oxygen atoms in total. The first kappa shape index (κ1) is 11.1. The van der Waals surface area contributed by atoms with Crippen molar-refractivity contribution < 1.29 is 13.2 Å². The molecule has 0 fully saturated rings. The Morgan fingerprint density at radius 1 is 1.29 bits per heavy atom. The lowest BCUT2D eigenvalue weighted by atomic mass is 9.99. The molecule has 78 valence electrons. The largest absolute Gasteiger partial charge is 0.416 e. The fourth-order valence-electron chi connectivity index (χ4n) is 1.28. The van der Waals surface area contributed by atoms with Crippen LogP contribution in [0.3, 0.4) is 0 Å². The molecule has 0 heterocycles. The van der Waals surface area contributed by atoms with E-state index in [1.54, 1.807) is 6.92 Å². The SMILES string of the molecule is CC1=CCC(C)/C=C(\C(F)(F)F)C=C1. The van der Waals surface area contributed by atoms with Crippen molar-refractivity contribution in [1.29, 1.82) is 0 Å². The van der Waals surface area contributed by atoms with Crippen molar-refractivity contribution in [1.82, 2.24) is 0 Å². The van der Waals surface area contributed by atoms with Gasteiger partial charge in [0.1, 0.15) is 0 Å². The molecule has 0 spiro atoms. The van der Waals surface area contributed by atoms with Gasteiger partial charge in [-0.05, 0) is 19.3 Å². The molecule has 0 aromatic carbocycles. The van der Waals surface area contributed by atoms with Crippen LogP contribution in [-0.2, 0) is 0 Å². The lowest BCUT2D eigenvalue weighted by molar-refractivity contribution is -0.0886. The minimum atomic E-state index is -4.23. The van der Waals surface area contributed by atoms with Crippen LogP contribution in [0.4, 0.5) is 13.2 Å². The van der Waals surface area contributed by atoms with Gasteiger partial charge < -0.3 is 0 Å². The van der Waals surface area contributed by atoms with Crippen LogP contribution < -0.4 is 0 Å². The Hall–Kier alpha value is -0.990. The molecule has 1 atom stereocenters. The second kappa shape index (κ2) is 4.03. The maximum absolute atomic E-state index is 12.4. The Kier molecular flexibility index (Phi) is 3.19. The number of alkyl halides is 3. The molecule has 0 radical (unpaired) electrons. The van der Waals surface area contributed by atoms with E-state index in [0.717, 1.165) is 11.6 Å². The second-order valence-corrected chi connectivity index (χ2v) is 3.61. The monoisotopic (exact) mass is 202 g/mol. The van der Waals surface area contributed by atoms with Crippen molar-refractivity contribution in [3.05, 3.63) is 35.5 Å². The Morgan fingerprint density at radius 3 is 2.50 bits per heavy atom. The predicted octanol–water partition coefficient (Wildman–Crippen LogP) is 4.02. The zero-order valence-corrected chi connectivity index (χ0v) is 8.23. The highest BCUT2D eigenvalue weighted by atomic mass is 19.4. The summed E-state index contributed by atoms with van der Waals surface area (Å²) in [7, 11) is 0. The lowest BCUT2D eigenvalue weighted by Gasteiger charge is -2.13. The molecular formula is C11H13F3. The van der Waals surface area contributed by atoms with E-state index < -0.39 is 11.7 Å². The van der Waals surface area contributed by atoms with Gasteiger partial charge >= 0.3 is 6.18 Å². The van der Waals surface area contributed by atoms with E-state index in [2.05, 4.69) is 0 Å². The minimum Gasteiger partial charge on any atom is -0.166 e. The van der Waals surface area contributed by atoms with E-state index in [0.29, 0.717) is 6.42 Å². The summed E-state index contributed by atoms with van der Waals surface area (Å²) in [5.41, 5.74) is 0.337. The van der Waals surface area contributed by atoms with Gasteiger partial charge in [0.15, 0.2) is 0 Å². The van der Waals surface area contributed by atoms with Crippen LogP contribution >= 0.6 is 0 Å². The first-order chi connectivity index (χ1) is 6.39. The number of halogens is 3. The van der Waals surface area contributed by atoms with Crippen molar-refractivity contribution in [2.24, 2.45) is 5.92 Å². The maximum atomic E-state index is 12.4. The molecule has 0 saturated heterocycles. The Balaban J connectivity index is 3.00. The van der Waals surface area contributed by atoms with Crippen molar-refractivity contribution in [3.63, 3.8) is 0 Å². The maximum Gasteiger partial charge on any atom is 0.416 e. The molecule has 1 unspecified atom stereocenters. The first-order valence-electron chi connectivity index (χ1n) is 4.53. The molecule has 0 saturated carbocycles. The zero-order valence-electron chi connectivity index (χ0n) is 8.23. The number of hydrogen-bond donors (Lipinski definition) is 0. The van der Waals surface area contributed by atoms with E-state index in [4.69, 9.17) is 0 Å². The van der Waals surface area contributed by atoms with Crippen molar-refractivity contribution in [2.45, 2.75) is 26.4 Å². The number of rotatable bonds is 0. The molecular weight excluding hydrogens is 189 g/mol. The van der Waals surface area contributed by atoms with E-state index in [1.165, 1.54) is 12.2 Å². The van der Waals surface area contributed by atoms with Gasteiger partial charge in [-0.2, -0.15) is 13.2 Å². The zero-order chi connectivity index (χ0) is 10.8. The molecule has 14 heavy (non-hydrogen) atoms. The molecule has 1 aliphatic carbocycles. The summed E-state index contributed by atoms with van der Waals surface area (Å²) in [5.74, 6) is -0.0634. The van der Waals surface area contributed by atoms with Gasteiger partial charge in [0, 0.05) is 0 Å². The highest BCUT2D eigenvalue weighted by molar-refractivity contribution is 5.32.